The highest BCUT2D eigenvalue weighted by Gasteiger charge is 2.31. The Morgan fingerprint density at radius 1 is 1.62 bits per heavy atom. The summed E-state index contributed by atoms with van der Waals surface area (Å²) in [7, 11) is 1.97. The molecule has 4 heteroatoms. The first-order valence-corrected chi connectivity index (χ1v) is 5.52. The number of hydrogen-bond acceptors (Lipinski definition) is 3. The van der Waals surface area contributed by atoms with Crippen molar-refractivity contribution in [2.45, 2.75) is 25.8 Å². The van der Waals surface area contributed by atoms with Gasteiger partial charge in [0.15, 0.2) is 0 Å². The quantitative estimate of drug-likeness (QED) is 0.843. The molecule has 0 aliphatic heterocycles. The molecule has 0 saturated heterocycles. The third kappa shape index (κ3) is 2.15. The number of aromatic carboxylic acids is 1. The van der Waals surface area contributed by atoms with Crippen LogP contribution in [0.5, 0.6) is 0 Å². The van der Waals surface area contributed by atoms with Crippen molar-refractivity contribution < 1.29 is 9.90 Å². The van der Waals surface area contributed by atoms with Gasteiger partial charge in [0, 0.05) is 19.3 Å². The molecular formula is C12H16N2O2. The summed E-state index contributed by atoms with van der Waals surface area (Å²) in [6.07, 6.45) is 4.09. The van der Waals surface area contributed by atoms with Crippen LogP contribution >= 0.6 is 0 Å². The van der Waals surface area contributed by atoms with Gasteiger partial charge in [0.2, 0.25) is 0 Å². The number of aromatic nitrogens is 1. The number of pyridine rings is 1. The Morgan fingerprint density at radius 2 is 2.31 bits per heavy atom. The molecule has 1 aliphatic rings. The highest BCUT2D eigenvalue weighted by atomic mass is 16.4. The van der Waals surface area contributed by atoms with Crippen LogP contribution in [0.15, 0.2) is 18.3 Å². The number of carbonyl (C=O) groups is 1. The van der Waals surface area contributed by atoms with Gasteiger partial charge in [-0.1, -0.05) is 0 Å². The van der Waals surface area contributed by atoms with Crippen LogP contribution in [0.3, 0.4) is 0 Å². The fourth-order valence-electron chi connectivity index (χ4n) is 1.85. The van der Waals surface area contributed by atoms with Gasteiger partial charge in [-0.2, -0.15) is 0 Å². The van der Waals surface area contributed by atoms with E-state index in [-0.39, 0.29) is 0 Å². The highest BCUT2D eigenvalue weighted by molar-refractivity contribution is 5.88. The van der Waals surface area contributed by atoms with E-state index in [9.17, 15) is 4.79 Å². The molecule has 0 spiro atoms. The second kappa shape index (κ2) is 4.12. The second-order valence-electron chi connectivity index (χ2n) is 4.40. The zero-order chi connectivity index (χ0) is 11.7. The number of hydrogen-bond donors (Lipinski definition) is 1. The van der Waals surface area contributed by atoms with Crippen molar-refractivity contribution in [3.05, 3.63) is 23.9 Å². The van der Waals surface area contributed by atoms with Gasteiger partial charge in [-0.25, -0.2) is 9.78 Å². The van der Waals surface area contributed by atoms with Gasteiger partial charge in [-0.05, 0) is 37.8 Å². The molecule has 0 bridgehead atoms. The van der Waals surface area contributed by atoms with E-state index in [1.807, 2.05) is 7.05 Å². The molecule has 2 rings (SSSR count). The lowest BCUT2D eigenvalue weighted by atomic mass is 10.2. The lowest BCUT2D eigenvalue weighted by molar-refractivity contribution is 0.0697. The molecule has 1 atom stereocenters. The van der Waals surface area contributed by atoms with E-state index < -0.39 is 5.97 Å². The van der Waals surface area contributed by atoms with Crippen LogP contribution < -0.4 is 4.90 Å². The van der Waals surface area contributed by atoms with Gasteiger partial charge in [0.25, 0.3) is 0 Å². The summed E-state index contributed by atoms with van der Waals surface area (Å²) < 4.78 is 0. The lowest BCUT2D eigenvalue weighted by Gasteiger charge is -2.25. The highest BCUT2D eigenvalue weighted by Crippen LogP contribution is 2.35. The SMILES string of the molecule is CC(C1CC1)N(C)c1cc(C(=O)O)ccn1. The van der Waals surface area contributed by atoms with Gasteiger partial charge in [0.1, 0.15) is 5.82 Å². The first kappa shape index (κ1) is 10.9. The molecular weight excluding hydrogens is 204 g/mol. The van der Waals surface area contributed by atoms with Gasteiger partial charge < -0.3 is 10.0 Å². The van der Waals surface area contributed by atoms with Crippen LogP contribution in [0.25, 0.3) is 0 Å². The van der Waals surface area contributed by atoms with E-state index in [2.05, 4.69) is 16.8 Å². The summed E-state index contributed by atoms with van der Waals surface area (Å²) in [6, 6.07) is 3.57. The Balaban J connectivity index is 2.18. The van der Waals surface area contributed by atoms with Crippen LogP contribution in [0.1, 0.15) is 30.1 Å². The molecule has 0 amide bonds. The van der Waals surface area contributed by atoms with Crippen molar-refractivity contribution in [2.24, 2.45) is 5.92 Å². The number of carboxylic acids is 1. The molecule has 1 aliphatic carbocycles. The minimum atomic E-state index is -0.906. The average Bonchev–Trinajstić information content (AvgIpc) is 3.11. The summed E-state index contributed by atoms with van der Waals surface area (Å²) in [5.41, 5.74) is 0.292. The van der Waals surface area contributed by atoms with Crippen molar-refractivity contribution in [1.29, 1.82) is 0 Å². The Labute approximate surface area is 94.9 Å². The second-order valence-corrected chi connectivity index (χ2v) is 4.40. The van der Waals surface area contributed by atoms with Crippen LogP contribution in [-0.4, -0.2) is 29.1 Å². The number of anilines is 1. The van der Waals surface area contributed by atoms with E-state index in [0.717, 1.165) is 11.7 Å². The molecule has 1 aromatic heterocycles. The van der Waals surface area contributed by atoms with Crippen LogP contribution in [0.2, 0.25) is 0 Å². The van der Waals surface area contributed by atoms with Gasteiger partial charge in [0.05, 0.1) is 5.56 Å². The summed E-state index contributed by atoms with van der Waals surface area (Å²) in [6.45, 7) is 2.16. The molecule has 1 unspecified atom stereocenters. The molecule has 0 aromatic carbocycles. The van der Waals surface area contributed by atoms with E-state index in [1.165, 1.54) is 18.9 Å². The Bertz CT molecular complexity index is 402. The molecule has 1 N–H and O–H groups in total. The summed E-state index contributed by atoms with van der Waals surface area (Å²) in [4.78, 5) is 17.1. The van der Waals surface area contributed by atoms with E-state index in [1.54, 1.807) is 12.3 Å². The molecule has 1 heterocycles. The monoisotopic (exact) mass is 220 g/mol. The maximum absolute atomic E-state index is 10.8. The van der Waals surface area contributed by atoms with E-state index in [0.29, 0.717) is 11.6 Å². The Morgan fingerprint density at radius 3 is 2.88 bits per heavy atom. The predicted octanol–water partition coefficient (Wildman–Crippen LogP) is 2.01. The fourth-order valence-corrected chi connectivity index (χ4v) is 1.85. The van der Waals surface area contributed by atoms with Crippen molar-refractivity contribution in [2.75, 3.05) is 11.9 Å². The largest absolute Gasteiger partial charge is 0.478 e. The molecule has 1 fully saturated rings. The Kier molecular flexibility index (Phi) is 2.81. The third-order valence-electron chi connectivity index (χ3n) is 3.27. The number of rotatable bonds is 4. The molecule has 0 radical (unpaired) electrons. The minimum Gasteiger partial charge on any atom is -0.478 e. The first-order valence-electron chi connectivity index (χ1n) is 5.52. The summed E-state index contributed by atoms with van der Waals surface area (Å²) in [5.74, 6) is 0.565. The van der Waals surface area contributed by atoms with Crippen molar-refractivity contribution in [3.8, 4) is 0 Å². The van der Waals surface area contributed by atoms with Gasteiger partial charge in [-0.15, -0.1) is 0 Å². The molecule has 4 nitrogen and oxygen atoms in total. The number of carboxylic acid groups (broad SMARTS) is 1. The fraction of sp³-hybridized carbons (Fsp3) is 0.500. The molecule has 1 saturated carbocycles. The van der Waals surface area contributed by atoms with Gasteiger partial charge >= 0.3 is 5.97 Å². The molecule has 86 valence electrons. The maximum atomic E-state index is 10.8. The predicted molar refractivity (Wildman–Crippen MR) is 61.8 cm³/mol. The lowest BCUT2D eigenvalue weighted by Crippen LogP contribution is -2.31. The third-order valence-corrected chi connectivity index (χ3v) is 3.27. The van der Waals surface area contributed by atoms with Crippen LogP contribution in [0, 0.1) is 5.92 Å². The van der Waals surface area contributed by atoms with Crippen LogP contribution in [0.4, 0.5) is 5.82 Å². The Hall–Kier alpha value is -1.58. The van der Waals surface area contributed by atoms with Gasteiger partial charge in [-0.3, -0.25) is 0 Å². The maximum Gasteiger partial charge on any atom is 0.335 e. The summed E-state index contributed by atoms with van der Waals surface area (Å²) in [5, 5.41) is 8.90. The average molecular weight is 220 g/mol. The van der Waals surface area contributed by atoms with Crippen molar-refractivity contribution in [3.63, 3.8) is 0 Å². The standard InChI is InChI=1S/C12H16N2O2/c1-8(9-3-4-9)14(2)11-7-10(12(15)16)5-6-13-11/h5-9H,3-4H2,1-2H3,(H,15,16). The topological polar surface area (TPSA) is 53.4 Å². The zero-order valence-corrected chi connectivity index (χ0v) is 9.55. The van der Waals surface area contributed by atoms with Crippen molar-refractivity contribution in [1.82, 2.24) is 4.98 Å². The molecule has 16 heavy (non-hydrogen) atoms. The number of nitrogens with zero attached hydrogens (tertiary/aromatic N) is 2. The summed E-state index contributed by atoms with van der Waals surface area (Å²) >= 11 is 0. The van der Waals surface area contributed by atoms with Crippen LogP contribution in [-0.2, 0) is 0 Å². The first-order chi connectivity index (χ1) is 7.59. The van der Waals surface area contributed by atoms with E-state index in [4.69, 9.17) is 5.11 Å². The normalized spacial score (nSPS) is 16.9. The molecule has 1 aromatic rings. The smallest absolute Gasteiger partial charge is 0.335 e. The minimum absolute atomic E-state index is 0.292. The zero-order valence-electron chi connectivity index (χ0n) is 9.55. The van der Waals surface area contributed by atoms with Crippen molar-refractivity contribution >= 4 is 11.8 Å². The van der Waals surface area contributed by atoms with E-state index >= 15 is 0 Å².